The van der Waals surface area contributed by atoms with Crippen molar-refractivity contribution in [3.8, 4) is 0 Å². The number of carbonyl (C=O) groups is 1. The number of halogens is 4. The van der Waals surface area contributed by atoms with Crippen LogP contribution < -0.4 is 5.32 Å². The van der Waals surface area contributed by atoms with Gasteiger partial charge in [0.1, 0.15) is 0 Å². The highest BCUT2D eigenvalue weighted by Crippen LogP contribution is 2.36. The second-order valence-corrected chi connectivity index (χ2v) is 4.34. The van der Waals surface area contributed by atoms with Gasteiger partial charge >= 0.3 is 6.18 Å². The molecule has 0 bridgehead atoms. The first-order valence-electron chi connectivity index (χ1n) is 4.55. The summed E-state index contributed by atoms with van der Waals surface area (Å²) in [6, 6.07) is 3.52. The van der Waals surface area contributed by atoms with Gasteiger partial charge in [0.15, 0.2) is 0 Å². The average molecular weight is 308 g/mol. The van der Waals surface area contributed by atoms with E-state index < -0.39 is 17.6 Å². The molecule has 92 valence electrons. The van der Waals surface area contributed by atoms with E-state index >= 15 is 0 Å². The summed E-state index contributed by atoms with van der Waals surface area (Å²) in [6.07, 6.45) is -4.53. The summed E-state index contributed by atoms with van der Waals surface area (Å²) in [5.74, 6) is -0.641. The molecular formula is C11H9BrF3NO. The van der Waals surface area contributed by atoms with Gasteiger partial charge in [-0.3, -0.25) is 4.79 Å². The highest BCUT2D eigenvalue weighted by Gasteiger charge is 2.34. The summed E-state index contributed by atoms with van der Waals surface area (Å²) in [6.45, 7) is 4.78. The van der Waals surface area contributed by atoms with Gasteiger partial charge in [-0.1, -0.05) is 22.5 Å². The summed E-state index contributed by atoms with van der Waals surface area (Å²) in [5.41, 5.74) is -1.05. The average Bonchev–Trinajstić information content (AvgIpc) is 2.18. The van der Waals surface area contributed by atoms with Gasteiger partial charge in [-0.25, -0.2) is 0 Å². The van der Waals surface area contributed by atoms with Crippen molar-refractivity contribution in [2.75, 3.05) is 5.32 Å². The van der Waals surface area contributed by atoms with Crippen LogP contribution in [0, 0.1) is 0 Å². The molecule has 0 saturated heterocycles. The fourth-order valence-corrected chi connectivity index (χ4v) is 1.45. The lowest BCUT2D eigenvalue weighted by Crippen LogP contribution is -2.16. The predicted octanol–water partition coefficient (Wildman–Crippen LogP) is 3.98. The number of carbonyl (C=O) groups excluding carboxylic acids is 1. The molecule has 1 aromatic carbocycles. The van der Waals surface area contributed by atoms with Crippen LogP contribution in [0.1, 0.15) is 12.5 Å². The molecule has 0 aliphatic carbocycles. The lowest BCUT2D eigenvalue weighted by atomic mass is 10.1. The summed E-state index contributed by atoms with van der Waals surface area (Å²) in [4.78, 5) is 11.3. The molecule has 1 amide bonds. The van der Waals surface area contributed by atoms with Gasteiger partial charge in [-0.15, -0.1) is 0 Å². The molecule has 0 atom stereocenters. The van der Waals surface area contributed by atoms with Gasteiger partial charge < -0.3 is 5.32 Å². The Kier molecular flexibility index (Phi) is 3.98. The second kappa shape index (κ2) is 4.91. The fraction of sp³-hybridized carbons (Fsp3) is 0.182. The van der Waals surface area contributed by atoms with Crippen molar-refractivity contribution in [2.45, 2.75) is 13.1 Å². The number of benzene rings is 1. The second-order valence-electron chi connectivity index (χ2n) is 3.42. The first kappa shape index (κ1) is 13.8. The van der Waals surface area contributed by atoms with Crippen molar-refractivity contribution < 1.29 is 18.0 Å². The molecule has 0 heterocycles. The first-order valence-corrected chi connectivity index (χ1v) is 5.34. The van der Waals surface area contributed by atoms with Crippen LogP contribution in [0.5, 0.6) is 0 Å². The van der Waals surface area contributed by atoms with E-state index in [-0.39, 0.29) is 15.7 Å². The quantitative estimate of drug-likeness (QED) is 0.823. The van der Waals surface area contributed by atoms with Crippen LogP contribution in [-0.2, 0) is 11.0 Å². The standard InChI is InChI=1S/C11H9BrF3NO/c1-6(2)10(17)16-9-4-3-7(12)5-8(9)11(13,14)15/h3-5H,1H2,2H3,(H,16,17). The molecule has 17 heavy (non-hydrogen) atoms. The first-order chi connectivity index (χ1) is 7.71. The van der Waals surface area contributed by atoms with Crippen LogP contribution in [-0.4, -0.2) is 5.91 Å². The van der Waals surface area contributed by atoms with Crippen molar-refractivity contribution in [3.05, 3.63) is 40.4 Å². The van der Waals surface area contributed by atoms with E-state index in [0.29, 0.717) is 0 Å². The molecule has 1 aromatic rings. The van der Waals surface area contributed by atoms with Gasteiger partial charge in [0.05, 0.1) is 11.3 Å². The van der Waals surface area contributed by atoms with Crippen LogP contribution in [0.15, 0.2) is 34.8 Å². The van der Waals surface area contributed by atoms with Gasteiger partial charge in [0, 0.05) is 10.0 Å². The smallest absolute Gasteiger partial charge is 0.322 e. The zero-order valence-electron chi connectivity index (χ0n) is 8.86. The topological polar surface area (TPSA) is 29.1 Å². The van der Waals surface area contributed by atoms with Crippen molar-refractivity contribution in [2.24, 2.45) is 0 Å². The maximum atomic E-state index is 12.7. The number of amides is 1. The molecule has 0 saturated carbocycles. The third-order valence-electron chi connectivity index (χ3n) is 1.92. The van der Waals surface area contributed by atoms with Crippen LogP contribution in [0.4, 0.5) is 18.9 Å². The predicted molar refractivity (Wildman–Crippen MR) is 62.6 cm³/mol. The number of alkyl halides is 3. The van der Waals surface area contributed by atoms with E-state index in [9.17, 15) is 18.0 Å². The normalized spacial score (nSPS) is 11.1. The molecule has 0 aliphatic rings. The maximum absolute atomic E-state index is 12.7. The largest absolute Gasteiger partial charge is 0.418 e. The molecule has 1 rings (SSSR count). The molecule has 2 nitrogen and oxygen atoms in total. The minimum atomic E-state index is -4.53. The van der Waals surface area contributed by atoms with E-state index in [1.165, 1.54) is 19.1 Å². The van der Waals surface area contributed by atoms with Crippen LogP contribution in [0.3, 0.4) is 0 Å². The van der Waals surface area contributed by atoms with Crippen molar-refractivity contribution >= 4 is 27.5 Å². The highest BCUT2D eigenvalue weighted by atomic mass is 79.9. The van der Waals surface area contributed by atoms with Gasteiger partial charge in [-0.05, 0) is 25.1 Å². The SMILES string of the molecule is C=C(C)C(=O)Nc1ccc(Br)cc1C(F)(F)F. The lowest BCUT2D eigenvalue weighted by Gasteiger charge is -2.14. The van der Waals surface area contributed by atoms with Crippen LogP contribution in [0.2, 0.25) is 0 Å². The Hall–Kier alpha value is -1.30. The van der Waals surface area contributed by atoms with Crippen molar-refractivity contribution in [3.63, 3.8) is 0 Å². The zero-order chi connectivity index (χ0) is 13.2. The summed E-state index contributed by atoms with van der Waals surface area (Å²) < 4.78 is 38.3. The Morgan fingerprint density at radius 1 is 1.41 bits per heavy atom. The van der Waals surface area contributed by atoms with Gasteiger partial charge in [0.25, 0.3) is 5.91 Å². The summed E-state index contributed by atoms with van der Waals surface area (Å²) in [5, 5.41) is 2.16. The molecular weight excluding hydrogens is 299 g/mol. The molecule has 0 aromatic heterocycles. The van der Waals surface area contributed by atoms with Crippen LogP contribution in [0.25, 0.3) is 0 Å². The van der Waals surface area contributed by atoms with Crippen molar-refractivity contribution in [1.29, 1.82) is 0 Å². The Morgan fingerprint density at radius 3 is 2.47 bits per heavy atom. The van der Waals surface area contributed by atoms with E-state index in [2.05, 4.69) is 27.8 Å². The minimum Gasteiger partial charge on any atom is -0.322 e. The van der Waals surface area contributed by atoms with E-state index in [1.54, 1.807) is 0 Å². The number of hydrogen-bond donors (Lipinski definition) is 1. The lowest BCUT2D eigenvalue weighted by molar-refractivity contribution is -0.137. The van der Waals surface area contributed by atoms with Gasteiger partial charge in [0.2, 0.25) is 0 Å². The monoisotopic (exact) mass is 307 g/mol. The Morgan fingerprint density at radius 2 is 2.00 bits per heavy atom. The molecule has 0 spiro atoms. The third kappa shape index (κ3) is 3.59. The van der Waals surface area contributed by atoms with Crippen LogP contribution >= 0.6 is 15.9 Å². The molecule has 1 N–H and O–H groups in total. The molecule has 6 heteroatoms. The Labute approximate surface area is 105 Å². The highest BCUT2D eigenvalue weighted by molar-refractivity contribution is 9.10. The van der Waals surface area contributed by atoms with Crippen molar-refractivity contribution in [1.82, 2.24) is 0 Å². The van der Waals surface area contributed by atoms with E-state index in [4.69, 9.17) is 0 Å². The Bertz CT molecular complexity index is 468. The third-order valence-corrected chi connectivity index (χ3v) is 2.42. The molecule has 0 aliphatic heterocycles. The molecule has 0 radical (unpaired) electrons. The van der Waals surface area contributed by atoms with E-state index in [1.807, 2.05) is 0 Å². The minimum absolute atomic E-state index is 0.140. The number of rotatable bonds is 2. The Balaban J connectivity index is 3.16. The zero-order valence-corrected chi connectivity index (χ0v) is 10.4. The molecule has 0 fully saturated rings. The maximum Gasteiger partial charge on any atom is 0.418 e. The molecule has 0 unspecified atom stereocenters. The summed E-state index contributed by atoms with van der Waals surface area (Å²) in [7, 11) is 0. The van der Waals surface area contributed by atoms with Gasteiger partial charge in [-0.2, -0.15) is 13.2 Å². The summed E-state index contributed by atoms with van der Waals surface area (Å²) >= 11 is 2.95. The number of nitrogens with one attached hydrogen (secondary N) is 1. The number of anilines is 1. The van der Waals surface area contributed by atoms with E-state index in [0.717, 1.165) is 6.07 Å². The number of hydrogen-bond acceptors (Lipinski definition) is 1. The fourth-order valence-electron chi connectivity index (χ4n) is 1.09.